The first-order valence-corrected chi connectivity index (χ1v) is 10.6. The molecule has 1 N–H and O–H groups in total. The number of esters is 1. The van der Waals surface area contributed by atoms with Gasteiger partial charge >= 0.3 is 5.97 Å². The first-order chi connectivity index (χ1) is 15.1. The van der Waals surface area contributed by atoms with Gasteiger partial charge in [-0.05, 0) is 49.2 Å². The molecular weight excluding hydrogens is 394 g/mol. The third-order valence-electron chi connectivity index (χ3n) is 4.55. The van der Waals surface area contributed by atoms with Gasteiger partial charge in [-0.15, -0.1) is 0 Å². The lowest BCUT2D eigenvalue weighted by atomic mass is 10.1. The van der Waals surface area contributed by atoms with E-state index in [-0.39, 0.29) is 12.5 Å². The number of para-hydroxylation sites is 1. The Bertz CT molecular complexity index is 891. The molecule has 0 radical (unpaired) electrons. The van der Waals surface area contributed by atoms with Crippen LogP contribution in [0.4, 0.5) is 5.69 Å². The monoisotopic (exact) mass is 425 g/mol. The van der Waals surface area contributed by atoms with Crippen molar-refractivity contribution in [1.29, 1.82) is 0 Å². The molecule has 0 aliphatic heterocycles. The van der Waals surface area contributed by atoms with Gasteiger partial charge in [0, 0.05) is 6.08 Å². The van der Waals surface area contributed by atoms with Gasteiger partial charge in [-0.2, -0.15) is 0 Å². The molecule has 0 aliphatic rings. The maximum absolute atomic E-state index is 12.4. The minimum absolute atomic E-state index is 0.265. The van der Waals surface area contributed by atoms with E-state index in [9.17, 15) is 9.59 Å². The molecule has 2 rings (SSSR count). The van der Waals surface area contributed by atoms with Crippen LogP contribution in [0.25, 0.3) is 6.08 Å². The number of hydrogen-bond acceptors (Lipinski definition) is 5. The first kappa shape index (κ1) is 24.0. The zero-order valence-electron chi connectivity index (χ0n) is 18.5. The Hall–Kier alpha value is -3.28. The SMILES string of the molecule is CCCCCCOc1ccc(/C=C/C(=O)Nc2ccccc2C(=O)OCC)cc1OC. The molecule has 0 spiro atoms. The fourth-order valence-corrected chi connectivity index (χ4v) is 2.94. The molecule has 6 nitrogen and oxygen atoms in total. The molecule has 166 valence electrons. The summed E-state index contributed by atoms with van der Waals surface area (Å²) in [5.41, 5.74) is 1.51. The van der Waals surface area contributed by atoms with Gasteiger partial charge < -0.3 is 19.5 Å². The van der Waals surface area contributed by atoms with Gasteiger partial charge in [0.2, 0.25) is 5.91 Å². The third kappa shape index (κ3) is 7.81. The quantitative estimate of drug-likeness (QED) is 0.277. The van der Waals surface area contributed by atoms with Gasteiger partial charge in [0.25, 0.3) is 0 Å². The summed E-state index contributed by atoms with van der Waals surface area (Å²) in [6.45, 7) is 4.82. The van der Waals surface area contributed by atoms with Crippen molar-refractivity contribution in [3.63, 3.8) is 0 Å². The highest BCUT2D eigenvalue weighted by Crippen LogP contribution is 2.29. The van der Waals surface area contributed by atoms with Crippen LogP contribution in [0, 0.1) is 0 Å². The number of hydrogen-bond donors (Lipinski definition) is 1. The van der Waals surface area contributed by atoms with Gasteiger partial charge in [0.05, 0.1) is 31.6 Å². The van der Waals surface area contributed by atoms with Crippen molar-refractivity contribution in [2.75, 3.05) is 25.6 Å². The molecule has 6 heteroatoms. The molecule has 0 aromatic heterocycles. The van der Waals surface area contributed by atoms with Crippen LogP contribution in [-0.2, 0) is 9.53 Å². The van der Waals surface area contributed by atoms with Crippen molar-refractivity contribution >= 4 is 23.6 Å². The zero-order valence-corrected chi connectivity index (χ0v) is 18.5. The van der Waals surface area contributed by atoms with Crippen LogP contribution in [0.15, 0.2) is 48.5 Å². The molecule has 0 saturated carbocycles. The Morgan fingerprint density at radius 3 is 2.55 bits per heavy atom. The van der Waals surface area contributed by atoms with Crippen LogP contribution in [0.2, 0.25) is 0 Å². The van der Waals surface area contributed by atoms with Gasteiger partial charge in [-0.25, -0.2) is 4.79 Å². The predicted molar refractivity (Wildman–Crippen MR) is 123 cm³/mol. The van der Waals surface area contributed by atoms with Crippen molar-refractivity contribution in [3.05, 3.63) is 59.7 Å². The molecule has 0 bridgehead atoms. The normalized spacial score (nSPS) is 10.7. The van der Waals surface area contributed by atoms with E-state index in [0.717, 1.165) is 18.4 Å². The fraction of sp³-hybridized carbons (Fsp3) is 0.360. The van der Waals surface area contributed by atoms with Crippen molar-refractivity contribution in [2.45, 2.75) is 39.5 Å². The van der Waals surface area contributed by atoms with Crippen LogP contribution in [-0.4, -0.2) is 32.2 Å². The summed E-state index contributed by atoms with van der Waals surface area (Å²) in [5, 5.41) is 2.72. The van der Waals surface area contributed by atoms with E-state index in [1.165, 1.54) is 18.9 Å². The zero-order chi connectivity index (χ0) is 22.5. The maximum Gasteiger partial charge on any atom is 0.340 e. The van der Waals surface area contributed by atoms with Crippen molar-refractivity contribution < 1.29 is 23.8 Å². The van der Waals surface area contributed by atoms with Crippen molar-refractivity contribution in [1.82, 2.24) is 0 Å². The van der Waals surface area contributed by atoms with E-state index in [1.807, 2.05) is 18.2 Å². The van der Waals surface area contributed by atoms with Crippen LogP contribution in [0.1, 0.15) is 55.5 Å². The van der Waals surface area contributed by atoms with Crippen molar-refractivity contribution in [3.8, 4) is 11.5 Å². The Labute approximate surface area is 184 Å². The van der Waals surface area contributed by atoms with Crippen LogP contribution in [0.3, 0.4) is 0 Å². The van der Waals surface area contributed by atoms with Gasteiger partial charge in [-0.3, -0.25) is 4.79 Å². The van der Waals surface area contributed by atoms with Crippen LogP contribution >= 0.6 is 0 Å². The molecule has 0 atom stereocenters. The van der Waals surface area contributed by atoms with Crippen LogP contribution < -0.4 is 14.8 Å². The Morgan fingerprint density at radius 2 is 1.81 bits per heavy atom. The second-order valence-corrected chi connectivity index (χ2v) is 6.91. The highest BCUT2D eigenvalue weighted by atomic mass is 16.5. The maximum atomic E-state index is 12.4. The lowest BCUT2D eigenvalue weighted by Crippen LogP contribution is -2.13. The second-order valence-electron chi connectivity index (χ2n) is 6.91. The molecular formula is C25H31NO5. The molecule has 0 unspecified atom stereocenters. The Kier molecular flexibility index (Phi) is 10.1. The summed E-state index contributed by atoms with van der Waals surface area (Å²) < 4.78 is 16.3. The van der Waals surface area contributed by atoms with E-state index >= 15 is 0 Å². The molecule has 0 saturated heterocycles. The van der Waals surface area contributed by atoms with E-state index in [1.54, 1.807) is 44.4 Å². The number of unbranched alkanes of at least 4 members (excludes halogenated alkanes) is 3. The van der Waals surface area contributed by atoms with E-state index in [4.69, 9.17) is 14.2 Å². The predicted octanol–water partition coefficient (Wildman–Crippen LogP) is 5.48. The number of anilines is 1. The number of carbonyl (C=O) groups is 2. The summed E-state index contributed by atoms with van der Waals surface area (Å²) in [4.78, 5) is 24.4. The largest absolute Gasteiger partial charge is 0.493 e. The van der Waals surface area contributed by atoms with Gasteiger partial charge in [0.15, 0.2) is 11.5 Å². The third-order valence-corrected chi connectivity index (χ3v) is 4.55. The summed E-state index contributed by atoms with van der Waals surface area (Å²) in [5.74, 6) is 0.471. The average molecular weight is 426 g/mol. The molecule has 0 fully saturated rings. The lowest BCUT2D eigenvalue weighted by Gasteiger charge is -2.11. The molecule has 2 aromatic rings. The number of rotatable bonds is 12. The number of methoxy groups -OCH3 is 1. The number of ether oxygens (including phenoxy) is 3. The standard InChI is InChI=1S/C25H31NO5/c1-4-6-7-10-17-31-22-15-13-19(18-23(22)29-3)14-16-24(27)26-21-12-9-8-11-20(21)25(28)30-5-2/h8-9,11-16,18H,4-7,10,17H2,1-3H3,(H,26,27)/b16-14+. The minimum atomic E-state index is -0.475. The number of amides is 1. The Balaban J connectivity index is 2.00. The van der Waals surface area contributed by atoms with Gasteiger partial charge in [-0.1, -0.05) is 44.4 Å². The topological polar surface area (TPSA) is 73.9 Å². The summed E-state index contributed by atoms with van der Waals surface area (Å²) in [6.07, 6.45) is 7.63. The summed E-state index contributed by atoms with van der Waals surface area (Å²) >= 11 is 0. The second kappa shape index (κ2) is 13.1. The number of carbonyl (C=O) groups excluding carboxylic acids is 2. The fourth-order valence-electron chi connectivity index (χ4n) is 2.94. The van der Waals surface area contributed by atoms with E-state index < -0.39 is 5.97 Å². The Morgan fingerprint density at radius 1 is 1.00 bits per heavy atom. The average Bonchev–Trinajstić information content (AvgIpc) is 2.78. The van der Waals surface area contributed by atoms with Gasteiger partial charge in [0.1, 0.15) is 0 Å². The number of nitrogens with one attached hydrogen (secondary N) is 1. The van der Waals surface area contributed by atoms with E-state index in [0.29, 0.717) is 29.4 Å². The lowest BCUT2D eigenvalue weighted by molar-refractivity contribution is -0.111. The van der Waals surface area contributed by atoms with Crippen molar-refractivity contribution in [2.24, 2.45) is 0 Å². The van der Waals surface area contributed by atoms with E-state index in [2.05, 4.69) is 12.2 Å². The molecule has 1 amide bonds. The first-order valence-electron chi connectivity index (χ1n) is 10.6. The molecule has 31 heavy (non-hydrogen) atoms. The summed E-state index contributed by atoms with van der Waals surface area (Å²) in [7, 11) is 1.59. The summed E-state index contributed by atoms with van der Waals surface area (Å²) in [6, 6.07) is 12.3. The minimum Gasteiger partial charge on any atom is -0.493 e. The highest BCUT2D eigenvalue weighted by Gasteiger charge is 2.13. The smallest absolute Gasteiger partial charge is 0.340 e. The molecule has 0 heterocycles. The van der Waals surface area contributed by atoms with Crippen LogP contribution in [0.5, 0.6) is 11.5 Å². The highest BCUT2D eigenvalue weighted by molar-refractivity contribution is 6.06. The number of benzene rings is 2. The molecule has 2 aromatic carbocycles. The molecule has 0 aliphatic carbocycles.